The first kappa shape index (κ1) is 9.24. The van der Waals surface area contributed by atoms with Crippen LogP contribution >= 0.6 is 15.9 Å². The number of hydrogen-bond acceptors (Lipinski definition) is 2. The van der Waals surface area contributed by atoms with Crippen LogP contribution < -0.4 is 5.32 Å². The lowest BCUT2D eigenvalue weighted by Crippen LogP contribution is -2.04. The van der Waals surface area contributed by atoms with E-state index in [4.69, 9.17) is 0 Å². The number of nitrogens with zero attached hydrogens (tertiary/aromatic N) is 1. The fourth-order valence-corrected chi connectivity index (χ4v) is 0.907. The number of hydrogen-bond donors (Lipinski definition) is 1. The van der Waals surface area contributed by atoms with Crippen LogP contribution in [0.2, 0.25) is 0 Å². The predicted molar refractivity (Wildman–Crippen MR) is 52.7 cm³/mol. The molecule has 1 N–H and O–H groups in total. The van der Waals surface area contributed by atoms with Crippen molar-refractivity contribution in [3.63, 3.8) is 0 Å². The van der Waals surface area contributed by atoms with Crippen LogP contribution in [0.15, 0.2) is 22.8 Å². The number of aromatic nitrogens is 1. The van der Waals surface area contributed by atoms with Crippen LogP contribution in [-0.2, 0) is 0 Å². The molecule has 0 atom stereocenters. The van der Waals surface area contributed by atoms with Gasteiger partial charge in [-0.3, -0.25) is 0 Å². The maximum absolute atomic E-state index is 4.10. The van der Waals surface area contributed by atoms with Gasteiger partial charge >= 0.3 is 0 Å². The van der Waals surface area contributed by atoms with Crippen LogP contribution in [0.5, 0.6) is 0 Å². The molecule has 0 amide bonds. The summed E-state index contributed by atoms with van der Waals surface area (Å²) in [5, 5.41) is 2.94. The van der Waals surface area contributed by atoms with Gasteiger partial charge in [0, 0.05) is 10.7 Å². The van der Waals surface area contributed by atoms with Gasteiger partial charge in [0.1, 0.15) is 5.69 Å². The molecule has 3 heteroatoms. The van der Waals surface area contributed by atoms with Crippen molar-refractivity contribution in [2.45, 2.75) is 0 Å². The normalized spacial score (nSPS) is 8.83. The summed E-state index contributed by atoms with van der Waals surface area (Å²) in [7, 11) is 1.86. The van der Waals surface area contributed by atoms with Gasteiger partial charge in [-0.2, -0.15) is 0 Å². The standard InChI is InChI=1S/C9H9BrN2/c1-11-6-2-3-9-5-4-8(10)7-12-9/h4-5,7,11H,6H2,1H3. The highest BCUT2D eigenvalue weighted by Gasteiger charge is 1.87. The molecule has 1 rings (SSSR count). The Labute approximate surface area is 80.5 Å². The molecule has 0 aliphatic heterocycles. The first-order valence-electron chi connectivity index (χ1n) is 3.58. The van der Waals surface area contributed by atoms with Crippen LogP contribution in [0.3, 0.4) is 0 Å². The lowest BCUT2D eigenvalue weighted by Gasteiger charge is -1.89. The quantitative estimate of drug-likeness (QED) is 0.731. The molecule has 0 aliphatic rings. The number of nitrogens with one attached hydrogen (secondary N) is 1. The van der Waals surface area contributed by atoms with E-state index in [1.165, 1.54) is 0 Å². The number of pyridine rings is 1. The van der Waals surface area contributed by atoms with E-state index in [-0.39, 0.29) is 0 Å². The van der Waals surface area contributed by atoms with E-state index in [2.05, 4.69) is 38.1 Å². The third kappa shape index (κ3) is 3.04. The van der Waals surface area contributed by atoms with Crippen molar-refractivity contribution in [2.75, 3.05) is 13.6 Å². The summed E-state index contributed by atoms with van der Waals surface area (Å²) >= 11 is 3.30. The Morgan fingerprint density at radius 2 is 2.42 bits per heavy atom. The fourth-order valence-electron chi connectivity index (χ4n) is 0.673. The van der Waals surface area contributed by atoms with E-state index in [0.717, 1.165) is 10.2 Å². The Balaban J connectivity index is 2.66. The van der Waals surface area contributed by atoms with Crippen LogP contribution in [0.25, 0.3) is 0 Å². The van der Waals surface area contributed by atoms with E-state index >= 15 is 0 Å². The lowest BCUT2D eigenvalue weighted by molar-refractivity contribution is 0.938. The highest BCUT2D eigenvalue weighted by atomic mass is 79.9. The van der Waals surface area contributed by atoms with Gasteiger partial charge in [-0.25, -0.2) is 4.98 Å². The summed E-state index contributed by atoms with van der Waals surface area (Å²) in [6.45, 7) is 0.692. The predicted octanol–water partition coefficient (Wildman–Crippen LogP) is 1.42. The Morgan fingerprint density at radius 1 is 1.58 bits per heavy atom. The molecule has 0 spiro atoms. The molecule has 0 aliphatic carbocycles. The molecule has 12 heavy (non-hydrogen) atoms. The van der Waals surface area contributed by atoms with E-state index < -0.39 is 0 Å². The topological polar surface area (TPSA) is 24.9 Å². The highest BCUT2D eigenvalue weighted by molar-refractivity contribution is 9.10. The fraction of sp³-hybridized carbons (Fsp3) is 0.222. The Bertz CT molecular complexity index is 295. The van der Waals surface area contributed by atoms with E-state index in [1.54, 1.807) is 6.20 Å². The second-order valence-corrected chi connectivity index (χ2v) is 3.11. The third-order valence-corrected chi connectivity index (χ3v) is 1.68. The number of rotatable bonds is 1. The Morgan fingerprint density at radius 3 is 3.00 bits per heavy atom. The average Bonchev–Trinajstić information content (AvgIpc) is 2.09. The largest absolute Gasteiger partial charge is 0.309 e. The Kier molecular flexibility index (Phi) is 3.78. The SMILES string of the molecule is CNCC#Cc1ccc(Br)cn1. The minimum Gasteiger partial charge on any atom is -0.309 e. The first-order valence-corrected chi connectivity index (χ1v) is 4.37. The first-order chi connectivity index (χ1) is 5.83. The summed E-state index contributed by atoms with van der Waals surface area (Å²) in [5.41, 5.74) is 0.799. The molecule has 2 nitrogen and oxygen atoms in total. The Hall–Kier alpha value is -0.850. The van der Waals surface area contributed by atoms with Crippen molar-refractivity contribution in [3.05, 3.63) is 28.5 Å². The van der Waals surface area contributed by atoms with Crippen LogP contribution in [0.1, 0.15) is 5.69 Å². The van der Waals surface area contributed by atoms with Gasteiger partial charge in [-0.1, -0.05) is 5.92 Å². The lowest BCUT2D eigenvalue weighted by atomic mass is 10.3. The van der Waals surface area contributed by atoms with Crippen LogP contribution in [0, 0.1) is 11.8 Å². The molecular formula is C9H9BrN2. The van der Waals surface area contributed by atoms with Gasteiger partial charge in [0.25, 0.3) is 0 Å². The number of halogens is 1. The van der Waals surface area contributed by atoms with Gasteiger partial charge in [0.2, 0.25) is 0 Å². The molecule has 0 bridgehead atoms. The minimum atomic E-state index is 0.692. The van der Waals surface area contributed by atoms with Crippen molar-refractivity contribution in [1.82, 2.24) is 10.3 Å². The maximum Gasteiger partial charge on any atom is 0.113 e. The maximum atomic E-state index is 4.10. The van der Waals surface area contributed by atoms with Crippen molar-refractivity contribution in [2.24, 2.45) is 0 Å². The molecule has 62 valence electrons. The summed E-state index contributed by atoms with van der Waals surface area (Å²) in [6, 6.07) is 3.81. The van der Waals surface area contributed by atoms with Crippen molar-refractivity contribution in [1.29, 1.82) is 0 Å². The highest BCUT2D eigenvalue weighted by Crippen LogP contribution is 2.06. The molecule has 1 aromatic rings. The van der Waals surface area contributed by atoms with Gasteiger partial charge < -0.3 is 5.32 Å². The van der Waals surface area contributed by atoms with E-state index in [1.807, 2.05) is 19.2 Å². The second kappa shape index (κ2) is 4.91. The molecule has 0 unspecified atom stereocenters. The zero-order chi connectivity index (χ0) is 8.81. The van der Waals surface area contributed by atoms with Crippen molar-refractivity contribution >= 4 is 15.9 Å². The molecule has 0 aromatic carbocycles. The molecular weight excluding hydrogens is 216 g/mol. The zero-order valence-electron chi connectivity index (χ0n) is 6.76. The van der Waals surface area contributed by atoms with Gasteiger partial charge in [-0.05, 0) is 41.0 Å². The summed E-state index contributed by atoms with van der Waals surface area (Å²) < 4.78 is 0.974. The zero-order valence-corrected chi connectivity index (χ0v) is 8.35. The minimum absolute atomic E-state index is 0.692. The summed E-state index contributed by atoms with van der Waals surface area (Å²) in [6.07, 6.45) is 1.74. The van der Waals surface area contributed by atoms with Crippen molar-refractivity contribution < 1.29 is 0 Å². The van der Waals surface area contributed by atoms with Crippen LogP contribution in [0.4, 0.5) is 0 Å². The van der Waals surface area contributed by atoms with Gasteiger partial charge in [0.15, 0.2) is 0 Å². The molecule has 0 saturated carbocycles. The van der Waals surface area contributed by atoms with Crippen molar-refractivity contribution in [3.8, 4) is 11.8 Å². The van der Waals surface area contributed by atoms with E-state index in [9.17, 15) is 0 Å². The molecule has 1 heterocycles. The molecule has 0 saturated heterocycles. The molecule has 0 fully saturated rings. The molecule has 0 radical (unpaired) electrons. The average molecular weight is 225 g/mol. The van der Waals surface area contributed by atoms with Crippen LogP contribution in [-0.4, -0.2) is 18.6 Å². The second-order valence-electron chi connectivity index (χ2n) is 2.19. The summed E-state index contributed by atoms with van der Waals surface area (Å²) in [5.74, 6) is 5.86. The third-order valence-electron chi connectivity index (χ3n) is 1.21. The smallest absolute Gasteiger partial charge is 0.113 e. The van der Waals surface area contributed by atoms with E-state index in [0.29, 0.717) is 6.54 Å². The summed E-state index contributed by atoms with van der Waals surface area (Å²) in [4.78, 5) is 4.10. The van der Waals surface area contributed by atoms with Gasteiger partial charge in [-0.15, -0.1) is 0 Å². The molecule has 1 aromatic heterocycles. The van der Waals surface area contributed by atoms with Gasteiger partial charge in [0.05, 0.1) is 6.54 Å². The monoisotopic (exact) mass is 224 g/mol.